The molecule has 1 nitrogen and oxygen atoms in total. The normalized spacial score (nSPS) is 22.3. The van der Waals surface area contributed by atoms with Crippen LogP contribution < -0.4 is 0 Å². The highest BCUT2D eigenvalue weighted by Gasteiger charge is 2.33. The maximum atomic E-state index is 9.55. The van der Waals surface area contributed by atoms with Gasteiger partial charge in [-0.25, -0.2) is 0 Å². The summed E-state index contributed by atoms with van der Waals surface area (Å²) in [7, 11) is 0. The van der Waals surface area contributed by atoms with Gasteiger partial charge in [-0.2, -0.15) is 5.26 Å². The lowest BCUT2D eigenvalue weighted by atomic mass is 9.85. The minimum Gasteiger partial charge on any atom is -0.192 e. The molecule has 2 saturated carbocycles. The zero-order valence-corrected chi connectivity index (χ0v) is 11.3. The van der Waals surface area contributed by atoms with Gasteiger partial charge in [0.05, 0.1) is 11.6 Å². The molecule has 1 aromatic carbocycles. The Bertz CT molecular complexity index is 453. The lowest BCUT2D eigenvalue weighted by Gasteiger charge is -2.18. The number of benzene rings is 1. The van der Waals surface area contributed by atoms with E-state index in [2.05, 4.69) is 38.1 Å². The Hall–Kier alpha value is -1.29. The molecule has 2 aliphatic rings. The molecule has 0 N–H and O–H groups in total. The van der Waals surface area contributed by atoms with E-state index in [0.717, 1.165) is 17.4 Å². The third-order valence-corrected chi connectivity index (χ3v) is 4.88. The van der Waals surface area contributed by atoms with Crippen LogP contribution in [-0.4, -0.2) is 0 Å². The number of nitriles is 1. The summed E-state index contributed by atoms with van der Waals surface area (Å²) in [4.78, 5) is 0. The number of hydrogen-bond acceptors (Lipinski definition) is 1. The van der Waals surface area contributed by atoms with Gasteiger partial charge >= 0.3 is 0 Å². The molecule has 3 rings (SSSR count). The third kappa shape index (κ3) is 2.05. The smallest absolute Gasteiger partial charge is 0.0997 e. The lowest BCUT2D eigenvalue weighted by molar-refractivity contribution is 0.642. The van der Waals surface area contributed by atoms with Crippen molar-refractivity contribution in [3.8, 4) is 6.07 Å². The van der Waals surface area contributed by atoms with Gasteiger partial charge in [0.1, 0.15) is 0 Å². The van der Waals surface area contributed by atoms with Crippen LogP contribution in [0.1, 0.15) is 68.1 Å². The van der Waals surface area contributed by atoms with E-state index < -0.39 is 0 Å². The molecule has 94 valence electrons. The standard InChI is InChI=1S/C17H21N/c1-11(13-6-7-13)15-4-3-5-16(17(15)10-18)12(2)14-8-9-14/h3-5,11-14H,6-9H2,1-2H3. The molecule has 0 aromatic heterocycles. The van der Waals surface area contributed by atoms with E-state index in [9.17, 15) is 5.26 Å². The average molecular weight is 239 g/mol. The summed E-state index contributed by atoms with van der Waals surface area (Å²) in [5.74, 6) is 2.77. The molecule has 0 spiro atoms. The Balaban J connectivity index is 1.98. The molecule has 1 aromatic rings. The molecule has 0 heterocycles. The van der Waals surface area contributed by atoms with Crippen molar-refractivity contribution in [3.05, 3.63) is 34.9 Å². The fourth-order valence-electron chi connectivity index (χ4n) is 3.18. The molecule has 2 atom stereocenters. The highest BCUT2D eigenvalue weighted by Crippen LogP contribution is 2.46. The highest BCUT2D eigenvalue weighted by atomic mass is 14.4. The molecular formula is C17H21N. The molecule has 1 heteroatoms. The second kappa shape index (κ2) is 4.43. The van der Waals surface area contributed by atoms with Gasteiger partial charge in [-0.3, -0.25) is 0 Å². The van der Waals surface area contributed by atoms with Gasteiger partial charge in [0.2, 0.25) is 0 Å². The highest BCUT2D eigenvalue weighted by molar-refractivity contribution is 5.48. The first kappa shape index (κ1) is 11.8. The van der Waals surface area contributed by atoms with Crippen LogP contribution in [0.5, 0.6) is 0 Å². The zero-order chi connectivity index (χ0) is 12.7. The van der Waals surface area contributed by atoms with Crippen molar-refractivity contribution < 1.29 is 0 Å². The maximum absolute atomic E-state index is 9.55. The molecule has 0 aliphatic heterocycles. The summed E-state index contributed by atoms with van der Waals surface area (Å²) >= 11 is 0. The summed E-state index contributed by atoms with van der Waals surface area (Å²) in [6.07, 6.45) is 5.37. The van der Waals surface area contributed by atoms with E-state index in [-0.39, 0.29) is 0 Å². The summed E-state index contributed by atoms with van der Waals surface area (Å²) < 4.78 is 0. The Kier molecular flexibility index (Phi) is 2.90. The number of hydrogen-bond donors (Lipinski definition) is 0. The molecule has 18 heavy (non-hydrogen) atoms. The van der Waals surface area contributed by atoms with Crippen LogP contribution in [0, 0.1) is 23.2 Å². The minimum absolute atomic E-state index is 0.561. The van der Waals surface area contributed by atoms with Crippen molar-refractivity contribution in [3.63, 3.8) is 0 Å². The Morgan fingerprint density at radius 3 is 1.78 bits per heavy atom. The fraction of sp³-hybridized carbons (Fsp3) is 0.588. The van der Waals surface area contributed by atoms with Crippen LogP contribution in [0.4, 0.5) is 0 Å². The molecule has 2 fully saturated rings. The number of nitrogens with zero attached hydrogens (tertiary/aromatic N) is 1. The van der Waals surface area contributed by atoms with Crippen LogP contribution in [0.3, 0.4) is 0 Å². The van der Waals surface area contributed by atoms with Crippen LogP contribution in [0.25, 0.3) is 0 Å². The predicted octanol–water partition coefficient (Wildman–Crippen LogP) is 4.59. The molecule has 2 unspecified atom stereocenters. The van der Waals surface area contributed by atoms with Crippen molar-refractivity contribution in [2.24, 2.45) is 11.8 Å². The fourth-order valence-corrected chi connectivity index (χ4v) is 3.18. The van der Waals surface area contributed by atoms with Crippen LogP contribution >= 0.6 is 0 Å². The summed E-state index contributed by atoms with van der Waals surface area (Å²) in [5.41, 5.74) is 3.58. The van der Waals surface area contributed by atoms with Gasteiger partial charge < -0.3 is 0 Å². The Morgan fingerprint density at radius 2 is 1.44 bits per heavy atom. The van der Waals surface area contributed by atoms with Crippen LogP contribution in [0.15, 0.2) is 18.2 Å². The monoisotopic (exact) mass is 239 g/mol. The maximum Gasteiger partial charge on any atom is 0.0997 e. The second-order valence-electron chi connectivity index (χ2n) is 6.18. The van der Waals surface area contributed by atoms with Crippen molar-refractivity contribution in [2.45, 2.75) is 51.4 Å². The summed E-state index contributed by atoms with van der Waals surface area (Å²) in [5, 5.41) is 9.55. The van der Waals surface area contributed by atoms with Gasteiger partial charge in [0.25, 0.3) is 0 Å². The van der Waals surface area contributed by atoms with Crippen LogP contribution in [-0.2, 0) is 0 Å². The quantitative estimate of drug-likeness (QED) is 0.754. The van der Waals surface area contributed by atoms with E-state index >= 15 is 0 Å². The van der Waals surface area contributed by atoms with Gasteiger partial charge in [0, 0.05) is 0 Å². The topological polar surface area (TPSA) is 23.8 Å². The van der Waals surface area contributed by atoms with E-state index in [0.29, 0.717) is 11.8 Å². The van der Waals surface area contributed by atoms with Gasteiger partial charge in [-0.1, -0.05) is 32.0 Å². The Labute approximate surface area is 110 Å². The molecular weight excluding hydrogens is 218 g/mol. The summed E-state index contributed by atoms with van der Waals surface area (Å²) in [6.45, 7) is 4.58. The first-order valence-corrected chi connectivity index (χ1v) is 7.25. The van der Waals surface area contributed by atoms with E-state index in [1.807, 2.05) is 0 Å². The lowest BCUT2D eigenvalue weighted by Crippen LogP contribution is -2.05. The van der Waals surface area contributed by atoms with Crippen molar-refractivity contribution in [1.29, 1.82) is 5.26 Å². The first-order chi connectivity index (χ1) is 8.72. The van der Waals surface area contributed by atoms with Gasteiger partial charge in [-0.15, -0.1) is 0 Å². The molecule has 0 bridgehead atoms. The zero-order valence-electron chi connectivity index (χ0n) is 11.3. The van der Waals surface area contributed by atoms with Crippen molar-refractivity contribution in [2.75, 3.05) is 0 Å². The van der Waals surface area contributed by atoms with Crippen molar-refractivity contribution in [1.82, 2.24) is 0 Å². The molecule has 0 radical (unpaired) electrons. The average Bonchev–Trinajstić information content (AvgIpc) is 3.27. The van der Waals surface area contributed by atoms with E-state index in [1.165, 1.54) is 36.8 Å². The van der Waals surface area contributed by atoms with Crippen LogP contribution in [0.2, 0.25) is 0 Å². The first-order valence-electron chi connectivity index (χ1n) is 7.25. The number of rotatable bonds is 4. The largest absolute Gasteiger partial charge is 0.192 e. The molecule has 2 aliphatic carbocycles. The Morgan fingerprint density at radius 1 is 1.00 bits per heavy atom. The van der Waals surface area contributed by atoms with Crippen molar-refractivity contribution >= 4 is 0 Å². The second-order valence-corrected chi connectivity index (χ2v) is 6.18. The SMILES string of the molecule is CC(c1cccc(C(C)C2CC2)c1C#N)C1CC1. The van der Waals surface area contributed by atoms with E-state index in [4.69, 9.17) is 0 Å². The summed E-state index contributed by atoms with van der Waals surface area (Å²) in [6, 6.07) is 8.99. The van der Waals surface area contributed by atoms with Gasteiger partial charge in [0.15, 0.2) is 0 Å². The minimum atomic E-state index is 0.561. The van der Waals surface area contributed by atoms with E-state index in [1.54, 1.807) is 0 Å². The molecule has 0 amide bonds. The van der Waals surface area contributed by atoms with Gasteiger partial charge in [-0.05, 0) is 60.5 Å². The predicted molar refractivity (Wildman–Crippen MR) is 73.4 cm³/mol. The molecule has 0 saturated heterocycles. The third-order valence-electron chi connectivity index (χ3n) is 4.88.